The molecule has 35 heavy (non-hydrogen) atoms. The van der Waals surface area contributed by atoms with Gasteiger partial charge in [0.1, 0.15) is 6.04 Å². The third-order valence-corrected chi connectivity index (χ3v) is 8.16. The van der Waals surface area contributed by atoms with Gasteiger partial charge >= 0.3 is 5.97 Å². The largest absolute Gasteiger partial charge is 0.465 e. The lowest BCUT2D eigenvalue weighted by molar-refractivity contribution is -0.146. The molecule has 0 radical (unpaired) electrons. The highest BCUT2D eigenvalue weighted by Crippen LogP contribution is 2.65. The highest BCUT2D eigenvalue weighted by atomic mass is 16.5. The average molecular weight is 471 g/mol. The molecule has 2 saturated carbocycles. The summed E-state index contributed by atoms with van der Waals surface area (Å²) >= 11 is 0. The smallest absolute Gasteiger partial charge is 0.337 e. The van der Waals surface area contributed by atoms with Gasteiger partial charge in [-0.15, -0.1) is 0 Å². The van der Waals surface area contributed by atoms with Crippen molar-refractivity contribution in [2.24, 2.45) is 35.5 Å². The summed E-state index contributed by atoms with van der Waals surface area (Å²) in [6.07, 6.45) is 5.58. The molecule has 0 aromatic heterocycles. The molecule has 7 rings (SSSR count). The van der Waals surface area contributed by atoms with Gasteiger partial charge in [0.15, 0.2) is 0 Å². The van der Waals surface area contributed by atoms with E-state index in [1.165, 1.54) is 12.0 Å². The van der Waals surface area contributed by atoms with E-state index in [9.17, 15) is 19.2 Å². The normalized spacial score (nSPS) is 30.5. The van der Waals surface area contributed by atoms with Crippen molar-refractivity contribution >= 4 is 29.4 Å². The number of carbonyl (C=O) groups excluding carboxylic acids is 4. The van der Waals surface area contributed by atoms with Gasteiger partial charge in [-0.2, -0.15) is 0 Å². The number of allylic oxidation sites excluding steroid dienone is 2. The fourth-order valence-corrected chi connectivity index (χ4v) is 6.46. The van der Waals surface area contributed by atoms with Crippen LogP contribution >= 0.6 is 0 Å². The Hall–Kier alpha value is -3.74. The van der Waals surface area contributed by atoms with E-state index in [4.69, 9.17) is 4.74 Å². The van der Waals surface area contributed by atoms with Crippen molar-refractivity contribution in [3.63, 3.8) is 0 Å². The summed E-state index contributed by atoms with van der Waals surface area (Å²) in [7, 11) is 1.30. The molecular weight excluding hydrogens is 444 g/mol. The molecule has 7 atom stereocenters. The summed E-state index contributed by atoms with van der Waals surface area (Å²) in [4.78, 5) is 53.9. The average Bonchev–Trinajstić information content (AvgIpc) is 3.67. The SMILES string of the molecule is COC(=O)c1ccc(NC(=O)C(Cc2ccccc2)N2C(=O)C3C4C=CC(C5CC45)C3C2=O)cc1. The molecule has 2 aromatic carbocycles. The van der Waals surface area contributed by atoms with Gasteiger partial charge in [-0.05, 0) is 59.9 Å². The van der Waals surface area contributed by atoms with Crippen LogP contribution in [-0.2, 0) is 25.5 Å². The van der Waals surface area contributed by atoms with Gasteiger partial charge in [0.05, 0.1) is 24.5 Å². The minimum absolute atomic E-state index is 0.0998. The lowest BCUT2D eigenvalue weighted by Crippen LogP contribution is -2.49. The second kappa shape index (κ2) is 8.18. The summed E-state index contributed by atoms with van der Waals surface area (Å²) < 4.78 is 4.72. The number of likely N-dealkylation sites (tertiary alicyclic amines) is 1. The quantitative estimate of drug-likeness (QED) is 0.398. The number of benzene rings is 2. The summed E-state index contributed by atoms with van der Waals surface area (Å²) in [5.74, 6) is -0.852. The molecule has 7 nitrogen and oxygen atoms in total. The summed E-state index contributed by atoms with van der Waals surface area (Å²) in [6, 6.07) is 14.8. The van der Waals surface area contributed by atoms with Gasteiger partial charge in [-0.1, -0.05) is 42.5 Å². The minimum atomic E-state index is -0.959. The Morgan fingerprint density at radius 1 is 0.943 bits per heavy atom. The van der Waals surface area contributed by atoms with Crippen LogP contribution in [0.1, 0.15) is 22.3 Å². The van der Waals surface area contributed by atoms with Gasteiger partial charge in [0.2, 0.25) is 17.7 Å². The van der Waals surface area contributed by atoms with Gasteiger partial charge < -0.3 is 10.1 Å². The first-order valence-electron chi connectivity index (χ1n) is 12.1. The Balaban J connectivity index is 1.29. The fourth-order valence-electron chi connectivity index (χ4n) is 6.46. The van der Waals surface area contributed by atoms with Gasteiger partial charge in [0, 0.05) is 12.1 Å². The third kappa shape index (κ3) is 3.49. The minimum Gasteiger partial charge on any atom is -0.465 e. The maximum absolute atomic E-state index is 13.7. The van der Waals surface area contributed by atoms with Crippen LogP contribution in [0, 0.1) is 35.5 Å². The number of imide groups is 1. The fraction of sp³-hybridized carbons (Fsp3) is 0.357. The van der Waals surface area contributed by atoms with E-state index in [1.54, 1.807) is 24.3 Å². The molecule has 4 aliphatic carbocycles. The molecule has 3 fully saturated rings. The zero-order valence-corrected chi connectivity index (χ0v) is 19.3. The van der Waals surface area contributed by atoms with Crippen molar-refractivity contribution in [2.45, 2.75) is 18.9 Å². The van der Waals surface area contributed by atoms with Crippen molar-refractivity contribution in [3.8, 4) is 0 Å². The van der Waals surface area contributed by atoms with E-state index in [1.807, 2.05) is 30.3 Å². The summed E-state index contributed by atoms with van der Waals surface area (Å²) in [6.45, 7) is 0. The van der Waals surface area contributed by atoms with Crippen LogP contribution in [0.2, 0.25) is 0 Å². The maximum Gasteiger partial charge on any atom is 0.337 e. The van der Waals surface area contributed by atoms with E-state index in [0.717, 1.165) is 12.0 Å². The molecule has 3 amide bonds. The van der Waals surface area contributed by atoms with Crippen molar-refractivity contribution in [1.29, 1.82) is 0 Å². The molecule has 1 aliphatic heterocycles. The van der Waals surface area contributed by atoms with Gasteiger partial charge in [-0.3, -0.25) is 19.3 Å². The monoisotopic (exact) mass is 470 g/mol. The number of hydrogen-bond acceptors (Lipinski definition) is 5. The van der Waals surface area contributed by atoms with E-state index < -0.39 is 17.9 Å². The molecule has 178 valence electrons. The molecule has 1 heterocycles. The number of anilines is 1. The summed E-state index contributed by atoms with van der Waals surface area (Å²) in [5.41, 5.74) is 1.70. The highest BCUT2D eigenvalue weighted by molar-refractivity contribution is 6.10. The number of nitrogens with one attached hydrogen (secondary N) is 1. The predicted molar refractivity (Wildman–Crippen MR) is 127 cm³/mol. The number of nitrogens with zero attached hydrogens (tertiary/aromatic N) is 1. The molecule has 2 aromatic rings. The van der Waals surface area contributed by atoms with Gasteiger partial charge in [-0.25, -0.2) is 4.79 Å². The Morgan fingerprint density at radius 3 is 2.11 bits per heavy atom. The number of hydrogen-bond donors (Lipinski definition) is 1. The molecular formula is C28H26N2O5. The Bertz CT molecular complexity index is 1200. The van der Waals surface area contributed by atoms with Crippen molar-refractivity contribution in [3.05, 3.63) is 77.9 Å². The molecule has 7 unspecified atom stereocenters. The van der Waals surface area contributed by atoms with Crippen LogP contribution < -0.4 is 5.32 Å². The predicted octanol–water partition coefficient (Wildman–Crippen LogP) is 3.08. The van der Waals surface area contributed by atoms with Crippen molar-refractivity contribution < 1.29 is 23.9 Å². The zero-order chi connectivity index (χ0) is 24.3. The van der Waals surface area contributed by atoms with Crippen molar-refractivity contribution in [1.82, 2.24) is 4.90 Å². The molecule has 7 heteroatoms. The third-order valence-electron chi connectivity index (χ3n) is 8.16. The Morgan fingerprint density at radius 2 is 1.54 bits per heavy atom. The number of ether oxygens (including phenoxy) is 1. The van der Waals surface area contributed by atoms with E-state index in [0.29, 0.717) is 23.1 Å². The first-order chi connectivity index (χ1) is 17.0. The van der Waals surface area contributed by atoms with Crippen LogP contribution in [0.5, 0.6) is 0 Å². The summed E-state index contributed by atoms with van der Waals surface area (Å²) in [5, 5.41) is 2.85. The van der Waals surface area contributed by atoms with E-state index in [2.05, 4.69) is 17.5 Å². The van der Waals surface area contributed by atoms with Crippen LogP contribution in [0.4, 0.5) is 5.69 Å². The lowest BCUT2D eigenvalue weighted by atomic mass is 9.63. The number of rotatable bonds is 6. The van der Waals surface area contributed by atoms with E-state index in [-0.39, 0.29) is 41.9 Å². The lowest BCUT2D eigenvalue weighted by Gasteiger charge is -2.37. The zero-order valence-electron chi connectivity index (χ0n) is 19.3. The van der Waals surface area contributed by atoms with Crippen LogP contribution in [0.3, 0.4) is 0 Å². The standard InChI is InChI=1S/C28H26N2O5/c1-35-28(34)16-7-9-17(10-8-16)29-25(31)22(13-15-5-3-2-4-6-15)30-26(32)23-18-11-12-19(21-14-20(18)21)24(23)27(30)33/h2-12,18-24H,13-14H2,1H3,(H,29,31). The second-order valence-electron chi connectivity index (χ2n) is 9.96. The van der Waals surface area contributed by atoms with Gasteiger partial charge in [0.25, 0.3) is 0 Å². The number of amides is 3. The molecule has 2 bridgehead atoms. The van der Waals surface area contributed by atoms with Crippen molar-refractivity contribution in [2.75, 3.05) is 12.4 Å². The number of carbonyl (C=O) groups is 4. The Kier molecular flexibility index (Phi) is 5.09. The first kappa shape index (κ1) is 21.8. The molecule has 1 N–H and O–H groups in total. The molecule has 0 spiro atoms. The topological polar surface area (TPSA) is 92.8 Å². The number of esters is 1. The molecule has 1 saturated heterocycles. The highest BCUT2D eigenvalue weighted by Gasteiger charge is 2.67. The number of methoxy groups -OCH3 is 1. The van der Waals surface area contributed by atoms with Crippen LogP contribution in [-0.4, -0.2) is 41.7 Å². The molecule has 5 aliphatic rings. The Labute approximate surface area is 203 Å². The maximum atomic E-state index is 13.7. The van der Waals surface area contributed by atoms with E-state index >= 15 is 0 Å². The first-order valence-corrected chi connectivity index (χ1v) is 12.1. The second-order valence-corrected chi connectivity index (χ2v) is 9.96. The van der Waals surface area contributed by atoms with Crippen LogP contribution in [0.15, 0.2) is 66.7 Å². The van der Waals surface area contributed by atoms with Crippen LogP contribution in [0.25, 0.3) is 0 Å².